The van der Waals surface area contributed by atoms with Crippen molar-refractivity contribution in [1.29, 1.82) is 0 Å². The third kappa shape index (κ3) is 6.51. The maximum absolute atomic E-state index is 11.5. The molecule has 1 rings (SSSR count). The van der Waals surface area contributed by atoms with Crippen molar-refractivity contribution < 1.29 is 19.1 Å². The second-order valence-corrected chi connectivity index (χ2v) is 4.84. The smallest absolute Gasteiger partial charge is 0.411 e. The van der Waals surface area contributed by atoms with E-state index < -0.39 is 12.1 Å². The number of esters is 1. The number of hydrogen-bond acceptors (Lipinski definition) is 4. The van der Waals surface area contributed by atoms with Crippen molar-refractivity contribution in [3.05, 3.63) is 45.6 Å². The Kier molecular flexibility index (Phi) is 7.05. The van der Waals surface area contributed by atoms with Gasteiger partial charge in [0.1, 0.15) is 6.61 Å². The van der Waals surface area contributed by atoms with E-state index in [1.165, 1.54) is 6.08 Å². The SMILES string of the molecule is CCOC(=O)/C=C(/C)NC(=O)OCc1ccc(Cl)c(Cl)c1. The maximum Gasteiger partial charge on any atom is 0.411 e. The van der Waals surface area contributed by atoms with Gasteiger partial charge in [-0.25, -0.2) is 9.59 Å². The van der Waals surface area contributed by atoms with Gasteiger partial charge in [0.2, 0.25) is 0 Å². The van der Waals surface area contributed by atoms with Crippen LogP contribution in [0.1, 0.15) is 19.4 Å². The molecule has 21 heavy (non-hydrogen) atoms. The van der Waals surface area contributed by atoms with E-state index >= 15 is 0 Å². The number of nitrogens with one attached hydrogen (secondary N) is 1. The molecule has 1 N–H and O–H groups in total. The van der Waals surface area contributed by atoms with Crippen LogP contribution in [0.25, 0.3) is 0 Å². The van der Waals surface area contributed by atoms with Gasteiger partial charge >= 0.3 is 12.1 Å². The molecule has 0 heterocycles. The molecule has 0 aromatic heterocycles. The quantitative estimate of drug-likeness (QED) is 0.660. The van der Waals surface area contributed by atoms with Crippen molar-refractivity contribution in [2.45, 2.75) is 20.5 Å². The number of allylic oxidation sites excluding steroid dienone is 1. The molecule has 0 bridgehead atoms. The minimum Gasteiger partial charge on any atom is -0.463 e. The zero-order valence-electron chi connectivity index (χ0n) is 11.6. The Bertz CT molecular complexity index is 558. The molecule has 0 spiro atoms. The first-order chi connectivity index (χ1) is 9.92. The van der Waals surface area contributed by atoms with Gasteiger partial charge in [-0.2, -0.15) is 0 Å². The summed E-state index contributed by atoms with van der Waals surface area (Å²) >= 11 is 11.6. The van der Waals surface area contributed by atoms with Crippen LogP contribution in [0.15, 0.2) is 30.0 Å². The van der Waals surface area contributed by atoms with Gasteiger partial charge in [0.15, 0.2) is 0 Å². The number of hydrogen-bond donors (Lipinski definition) is 1. The van der Waals surface area contributed by atoms with Gasteiger partial charge in [-0.15, -0.1) is 0 Å². The van der Waals surface area contributed by atoms with Crippen molar-refractivity contribution in [1.82, 2.24) is 5.32 Å². The van der Waals surface area contributed by atoms with Crippen molar-refractivity contribution in [2.24, 2.45) is 0 Å². The molecule has 0 saturated carbocycles. The van der Waals surface area contributed by atoms with Gasteiger partial charge in [-0.05, 0) is 31.5 Å². The average molecular weight is 332 g/mol. The van der Waals surface area contributed by atoms with Crippen molar-refractivity contribution in [2.75, 3.05) is 6.61 Å². The lowest BCUT2D eigenvalue weighted by atomic mass is 10.2. The van der Waals surface area contributed by atoms with E-state index in [1.54, 1.807) is 32.0 Å². The number of carbonyl (C=O) groups excluding carboxylic acids is 2. The molecule has 0 unspecified atom stereocenters. The van der Waals surface area contributed by atoms with Crippen molar-refractivity contribution >= 4 is 35.3 Å². The lowest BCUT2D eigenvalue weighted by Gasteiger charge is -2.08. The minimum atomic E-state index is -0.681. The first-order valence-corrected chi connectivity index (χ1v) is 6.90. The Morgan fingerprint density at radius 1 is 1.24 bits per heavy atom. The molecule has 1 amide bonds. The second-order valence-electron chi connectivity index (χ2n) is 4.03. The third-order valence-electron chi connectivity index (χ3n) is 2.27. The van der Waals surface area contributed by atoms with Gasteiger partial charge < -0.3 is 9.47 Å². The summed E-state index contributed by atoms with van der Waals surface area (Å²) in [6.45, 7) is 3.55. The summed E-state index contributed by atoms with van der Waals surface area (Å²) in [5.41, 5.74) is 1.03. The Morgan fingerprint density at radius 2 is 1.95 bits per heavy atom. The minimum absolute atomic E-state index is 0.0371. The highest BCUT2D eigenvalue weighted by Gasteiger charge is 2.06. The van der Waals surface area contributed by atoms with Gasteiger partial charge in [-0.1, -0.05) is 29.3 Å². The first-order valence-electron chi connectivity index (χ1n) is 6.15. The summed E-state index contributed by atoms with van der Waals surface area (Å²) in [5, 5.41) is 3.22. The zero-order valence-corrected chi connectivity index (χ0v) is 13.1. The zero-order chi connectivity index (χ0) is 15.8. The van der Waals surface area contributed by atoms with Crippen molar-refractivity contribution in [3.63, 3.8) is 0 Å². The van der Waals surface area contributed by atoms with E-state index in [9.17, 15) is 9.59 Å². The Hall–Kier alpha value is -1.72. The van der Waals surface area contributed by atoms with Crippen LogP contribution in [0, 0.1) is 0 Å². The fraction of sp³-hybridized carbons (Fsp3) is 0.286. The Balaban J connectivity index is 2.47. The number of rotatable bonds is 5. The molecule has 1 aromatic rings. The summed E-state index contributed by atoms with van der Waals surface area (Å²) in [6, 6.07) is 4.92. The molecule has 0 aliphatic rings. The number of carbonyl (C=O) groups is 2. The molecule has 0 aliphatic carbocycles. The van der Waals surface area contributed by atoms with Gasteiger partial charge in [0, 0.05) is 11.8 Å². The van der Waals surface area contributed by atoms with E-state index in [-0.39, 0.29) is 13.2 Å². The van der Waals surface area contributed by atoms with Crippen LogP contribution in [-0.4, -0.2) is 18.7 Å². The summed E-state index contributed by atoms with van der Waals surface area (Å²) in [5.74, 6) is -0.528. The largest absolute Gasteiger partial charge is 0.463 e. The first kappa shape index (κ1) is 17.3. The third-order valence-corrected chi connectivity index (χ3v) is 3.01. The molecule has 0 aliphatic heterocycles. The predicted molar refractivity (Wildman–Crippen MR) is 80.2 cm³/mol. The van der Waals surface area contributed by atoms with Crippen LogP contribution >= 0.6 is 23.2 Å². The fourth-order valence-corrected chi connectivity index (χ4v) is 1.69. The average Bonchev–Trinajstić information content (AvgIpc) is 2.40. The predicted octanol–water partition coefficient (Wildman–Crippen LogP) is 3.69. The van der Waals surface area contributed by atoms with E-state index in [4.69, 9.17) is 32.7 Å². The summed E-state index contributed by atoms with van der Waals surface area (Å²) in [6.07, 6.45) is 0.489. The molecule has 0 radical (unpaired) electrons. The highest BCUT2D eigenvalue weighted by Crippen LogP contribution is 2.22. The molecule has 0 atom stereocenters. The molecule has 5 nitrogen and oxygen atoms in total. The van der Waals surface area contributed by atoms with E-state index in [1.807, 2.05) is 0 Å². The van der Waals surface area contributed by atoms with Gasteiger partial charge in [0.25, 0.3) is 0 Å². The van der Waals surface area contributed by atoms with E-state index in [0.717, 1.165) is 0 Å². The summed E-state index contributed by atoms with van der Waals surface area (Å²) in [7, 11) is 0. The summed E-state index contributed by atoms with van der Waals surface area (Å²) in [4.78, 5) is 22.7. The fourth-order valence-electron chi connectivity index (χ4n) is 1.37. The highest BCUT2D eigenvalue weighted by atomic mass is 35.5. The molecule has 114 valence electrons. The van der Waals surface area contributed by atoms with E-state index in [0.29, 0.717) is 21.3 Å². The van der Waals surface area contributed by atoms with Gasteiger partial charge in [0.05, 0.1) is 16.7 Å². The van der Waals surface area contributed by atoms with Crippen LogP contribution in [0.4, 0.5) is 4.79 Å². The molecule has 0 saturated heterocycles. The van der Waals surface area contributed by atoms with E-state index in [2.05, 4.69) is 5.32 Å². The molecular formula is C14H15Cl2NO4. The molecule has 7 heteroatoms. The normalized spacial score (nSPS) is 11.0. The van der Waals surface area contributed by atoms with Crippen LogP contribution in [-0.2, 0) is 20.9 Å². The number of benzene rings is 1. The number of halogens is 2. The molecule has 1 aromatic carbocycles. The van der Waals surface area contributed by atoms with Crippen LogP contribution in [0.5, 0.6) is 0 Å². The van der Waals surface area contributed by atoms with Crippen LogP contribution in [0.2, 0.25) is 10.0 Å². The molecule has 0 fully saturated rings. The molecular weight excluding hydrogens is 317 g/mol. The highest BCUT2D eigenvalue weighted by molar-refractivity contribution is 6.42. The van der Waals surface area contributed by atoms with Crippen LogP contribution < -0.4 is 5.32 Å². The van der Waals surface area contributed by atoms with Crippen molar-refractivity contribution in [3.8, 4) is 0 Å². The topological polar surface area (TPSA) is 64.6 Å². The maximum atomic E-state index is 11.5. The van der Waals surface area contributed by atoms with Gasteiger partial charge in [-0.3, -0.25) is 5.32 Å². The Labute approximate surface area is 132 Å². The lowest BCUT2D eigenvalue weighted by Crippen LogP contribution is -2.23. The number of alkyl carbamates (subject to hydrolysis) is 1. The number of amides is 1. The standard InChI is InChI=1S/C14H15Cl2NO4/c1-3-20-13(18)6-9(2)17-14(19)21-8-10-4-5-11(15)12(16)7-10/h4-7H,3,8H2,1-2H3,(H,17,19)/b9-6-. The number of ether oxygens (including phenoxy) is 2. The second kappa shape index (κ2) is 8.54. The van der Waals surface area contributed by atoms with Crippen LogP contribution in [0.3, 0.4) is 0 Å². The summed E-state index contributed by atoms with van der Waals surface area (Å²) < 4.78 is 9.70. The monoisotopic (exact) mass is 331 g/mol. The Morgan fingerprint density at radius 3 is 2.57 bits per heavy atom. The lowest BCUT2D eigenvalue weighted by molar-refractivity contribution is -0.137.